The van der Waals surface area contributed by atoms with E-state index < -0.39 is 0 Å². The van der Waals surface area contributed by atoms with Gasteiger partial charge in [-0.1, -0.05) is 19.9 Å². The van der Waals surface area contributed by atoms with Gasteiger partial charge in [0.25, 0.3) is 0 Å². The molecule has 0 aliphatic carbocycles. The SMILES string of the molecule is Cc1cc(CCCN)nc2ccc(C(C)C)cc12. The molecule has 0 radical (unpaired) electrons. The quantitative estimate of drug-likeness (QED) is 0.890. The summed E-state index contributed by atoms with van der Waals surface area (Å²) in [5.41, 5.74) is 10.5. The van der Waals surface area contributed by atoms with E-state index in [2.05, 4.69) is 45.0 Å². The van der Waals surface area contributed by atoms with Crippen molar-refractivity contribution in [1.82, 2.24) is 4.98 Å². The molecule has 2 aromatic rings. The molecule has 2 heteroatoms. The van der Waals surface area contributed by atoms with Gasteiger partial charge in [-0.15, -0.1) is 0 Å². The zero-order chi connectivity index (χ0) is 13.1. The zero-order valence-electron chi connectivity index (χ0n) is 11.5. The van der Waals surface area contributed by atoms with Crippen molar-refractivity contribution >= 4 is 10.9 Å². The minimum Gasteiger partial charge on any atom is -0.330 e. The van der Waals surface area contributed by atoms with Gasteiger partial charge in [0.15, 0.2) is 0 Å². The Kier molecular flexibility index (Phi) is 3.97. The van der Waals surface area contributed by atoms with Crippen molar-refractivity contribution in [2.75, 3.05) is 6.54 Å². The summed E-state index contributed by atoms with van der Waals surface area (Å²) in [6, 6.07) is 8.80. The second-order valence-corrected chi connectivity index (χ2v) is 5.25. The number of hydrogen-bond donors (Lipinski definition) is 1. The van der Waals surface area contributed by atoms with E-state index in [0.29, 0.717) is 5.92 Å². The van der Waals surface area contributed by atoms with Gasteiger partial charge in [0.1, 0.15) is 0 Å². The highest BCUT2D eigenvalue weighted by atomic mass is 14.7. The summed E-state index contributed by atoms with van der Waals surface area (Å²) in [7, 11) is 0. The molecule has 96 valence electrons. The molecular formula is C16H22N2. The summed E-state index contributed by atoms with van der Waals surface area (Å²) < 4.78 is 0. The summed E-state index contributed by atoms with van der Waals surface area (Å²) in [5.74, 6) is 0.561. The minimum atomic E-state index is 0.561. The molecular weight excluding hydrogens is 220 g/mol. The fourth-order valence-corrected chi connectivity index (χ4v) is 2.25. The number of pyridine rings is 1. The molecule has 0 amide bonds. The van der Waals surface area contributed by atoms with E-state index in [-0.39, 0.29) is 0 Å². The minimum absolute atomic E-state index is 0.561. The van der Waals surface area contributed by atoms with E-state index in [0.717, 1.165) is 30.6 Å². The molecule has 2 N–H and O–H groups in total. The second-order valence-electron chi connectivity index (χ2n) is 5.25. The van der Waals surface area contributed by atoms with Crippen LogP contribution >= 0.6 is 0 Å². The van der Waals surface area contributed by atoms with E-state index in [1.165, 1.54) is 16.5 Å². The highest BCUT2D eigenvalue weighted by Gasteiger charge is 2.05. The van der Waals surface area contributed by atoms with Crippen LogP contribution < -0.4 is 5.73 Å². The van der Waals surface area contributed by atoms with Crippen LogP contribution in [0.3, 0.4) is 0 Å². The fourth-order valence-electron chi connectivity index (χ4n) is 2.25. The summed E-state index contributed by atoms with van der Waals surface area (Å²) in [4.78, 5) is 4.72. The third-order valence-corrected chi connectivity index (χ3v) is 3.40. The van der Waals surface area contributed by atoms with E-state index >= 15 is 0 Å². The molecule has 0 spiro atoms. The van der Waals surface area contributed by atoms with Crippen molar-refractivity contribution < 1.29 is 0 Å². The lowest BCUT2D eigenvalue weighted by atomic mass is 9.98. The van der Waals surface area contributed by atoms with Crippen molar-refractivity contribution in [3.63, 3.8) is 0 Å². The molecule has 0 bridgehead atoms. The van der Waals surface area contributed by atoms with Gasteiger partial charge in [-0.3, -0.25) is 4.98 Å². The highest BCUT2D eigenvalue weighted by Crippen LogP contribution is 2.23. The second kappa shape index (κ2) is 5.49. The first-order valence-corrected chi connectivity index (χ1v) is 6.72. The molecule has 2 rings (SSSR count). The van der Waals surface area contributed by atoms with Crippen LogP contribution in [-0.2, 0) is 6.42 Å². The van der Waals surface area contributed by atoms with Crippen molar-refractivity contribution in [2.45, 2.75) is 39.5 Å². The van der Waals surface area contributed by atoms with E-state index in [1.807, 2.05) is 0 Å². The molecule has 1 aromatic carbocycles. The van der Waals surface area contributed by atoms with Gasteiger partial charge in [-0.2, -0.15) is 0 Å². The maximum atomic E-state index is 5.55. The van der Waals surface area contributed by atoms with E-state index in [9.17, 15) is 0 Å². The fraction of sp³-hybridized carbons (Fsp3) is 0.438. The van der Waals surface area contributed by atoms with Crippen molar-refractivity contribution in [3.05, 3.63) is 41.1 Å². The van der Waals surface area contributed by atoms with E-state index in [1.54, 1.807) is 0 Å². The predicted octanol–water partition coefficient (Wildman–Crippen LogP) is 3.56. The molecule has 2 nitrogen and oxygen atoms in total. The summed E-state index contributed by atoms with van der Waals surface area (Å²) in [5, 5.41) is 1.28. The Morgan fingerprint density at radius 3 is 2.67 bits per heavy atom. The molecule has 0 saturated heterocycles. The summed E-state index contributed by atoms with van der Waals surface area (Å²) >= 11 is 0. The van der Waals surface area contributed by atoms with Gasteiger partial charge >= 0.3 is 0 Å². The number of hydrogen-bond acceptors (Lipinski definition) is 2. The normalized spacial score (nSPS) is 11.4. The van der Waals surface area contributed by atoms with Gasteiger partial charge < -0.3 is 5.73 Å². The Morgan fingerprint density at radius 2 is 2.00 bits per heavy atom. The Labute approximate surface area is 109 Å². The largest absolute Gasteiger partial charge is 0.330 e. The standard InChI is InChI=1S/C16H22N2/c1-11(2)13-6-7-16-15(10-13)12(3)9-14(18-16)5-4-8-17/h6-7,9-11H,4-5,8,17H2,1-3H3. The number of nitrogens with two attached hydrogens (primary N) is 1. The first-order valence-electron chi connectivity index (χ1n) is 6.72. The molecule has 0 aliphatic rings. The van der Waals surface area contributed by atoms with Crippen LogP contribution in [0.4, 0.5) is 0 Å². The Hall–Kier alpha value is -1.41. The topological polar surface area (TPSA) is 38.9 Å². The van der Waals surface area contributed by atoms with Crippen LogP contribution in [0.2, 0.25) is 0 Å². The summed E-state index contributed by atoms with van der Waals surface area (Å²) in [6.45, 7) is 7.34. The molecule has 1 heterocycles. The van der Waals surface area contributed by atoms with Gasteiger partial charge in [0, 0.05) is 11.1 Å². The van der Waals surface area contributed by atoms with Gasteiger partial charge in [0.05, 0.1) is 5.52 Å². The highest BCUT2D eigenvalue weighted by molar-refractivity contribution is 5.83. The molecule has 1 aromatic heterocycles. The van der Waals surface area contributed by atoms with E-state index in [4.69, 9.17) is 10.7 Å². The smallest absolute Gasteiger partial charge is 0.0708 e. The lowest BCUT2D eigenvalue weighted by Gasteiger charge is -2.10. The maximum Gasteiger partial charge on any atom is 0.0708 e. The maximum absolute atomic E-state index is 5.55. The number of rotatable bonds is 4. The molecule has 0 fully saturated rings. The van der Waals surface area contributed by atoms with Crippen LogP contribution in [-0.4, -0.2) is 11.5 Å². The van der Waals surface area contributed by atoms with Gasteiger partial charge in [0.2, 0.25) is 0 Å². The third kappa shape index (κ3) is 2.70. The van der Waals surface area contributed by atoms with Crippen LogP contribution in [0.5, 0.6) is 0 Å². The first kappa shape index (κ1) is 13.0. The van der Waals surface area contributed by atoms with Crippen LogP contribution in [0, 0.1) is 6.92 Å². The Morgan fingerprint density at radius 1 is 1.22 bits per heavy atom. The van der Waals surface area contributed by atoms with Crippen molar-refractivity contribution in [3.8, 4) is 0 Å². The average molecular weight is 242 g/mol. The lowest BCUT2D eigenvalue weighted by molar-refractivity contribution is 0.813. The summed E-state index contributed by atoms with van der Waals surface area (Å²) in [6.07, 6.45) is 1.97. The van der Waals surface area contributed by atoms with Crippen molar-refractivity contribution in [2.24, 2.45) is 5.73 Å². The number of aryl methyl sites for hydroxylation is 2. The Balaban J connectivity index is 2.45. The number of nitrogens with zero attached hydrogens (tertiary/aromatic N) is 1. The molecule has 0 atom stereocenters. The molecule has 0 unspecified atom stereocenters. The number of benzene rings is 1. The van der Waals surface area contributed by atoms with Gasteiger partial charge in [-0.25, -0.2) is 0 Å². The van der Waals surface area contributed by atoms with Gasteiger partial charge in [-0.05, 0) is 61.6 Å². The zero-order valence-corrected chi connectivity index (χ0v) is 11.5. The third-order valence-electron chi connectivity index (χ3n) is 3.40. The van der Waals surface area contributed by atoms with Crippen LogP contribution in [0.25, 0.3) is 10.9 Å². The lowest BCUT2D eigenvalue weighted by Crippen LogP contribution is -2.02. The number of fused-ring (bicyclic) bond motifs is 1. The molecule has 0 aliphatic heterocycles. The van der Waals surface area contributed by atoms with Crippen molar-refractivity contribution in [1.29, 1.82) is 0 Å². The predicted molar refractivity (Wildman–Crippen MR) is 77.9 cm³/mol. The first-order chi connectivity index (χ1) is 8.61. The monoisotopic (exact) mass is 242 g/mol. The average Bonchev–Trinajstić information content (AvgIpc) is 2.36. The molecule has 18 heavy (non-hydrogen) atoms. The van der Waals surface area contributed by atoms with Crippen LogP contribution in [0.1, 0.15) is 43.0 Å². The molecule has 0 saturated carbocycles. The van der Waals surface area contributed by atoms with Crippen LogP contribution in [0.15, 0.2) is 24.3 Å². The number of aromatic nitrogens is 1. The Bertz CT molecular complexity index is 544.